The van der Waals surface area contributed by atoms with Crippen molar-refractivity contribution in [2.24, 2.45) is 0 Å². The fourth-order valence-corrected chi connectivity index (χ4v) is 8.44. The molecule has 6 aromatic carbocycles. The second-order valence-corrected chi connectivity index (χ2v) is 14.0. The Hall–Kier alpha value is -5.72. The predicted molar refractivity (Wildman–Crippen MR) is 201 cm³/mol. The van der Waals surface area contributed by atoms with Crippen molar-refractivity contribution >= 4 is 40.5 Å². The lowest BCUT2D eigenvalue weighted by Crippen LogP contribution is -2.32. The molecule has 0 bridgehead atoms. The van der Waals surface area contributed by atoms with Gasteiger partial charge in [0.2, 0.25) is 5.95 Å². The zero-order valence-electron chi connectivity index (χ0n) is 27.2. The van der Waals surface area contributed by atoms with Crippen molar-refractivity contribution in [1.82, 2.24) is 15.0 Å². The highest BCUT2D eigenvalue weighted by Gasteiger charge is 2.40. The fraction of sp³-hybridized carbons (Fsp3) is 0.0930. The van der Waals surface area contributed by atoms with Crippen LogP contribution in [0.5, 0.6) is 0 Å². The average molecular weight is 652 g/mol. The molecule has 236 valence electrons. The molecule has 0 radical (unpaired) electrons. The van der Waals surface area contributed by atoms with Gasteiger partial charge in [-0.05, 0) is 53.1 Å². The van der Waals surface area contributed by atoms with Gasteiger partial charge in [0.05, 0.1) is 17.1 Å². The molecule has 3 heterocycles. The monoisotopic (exact) mass is 651 g/mol. The largest absolute Gasteiger partial charge is 0.323 e. The third-order valence-electron chi connectivity index (χ3n) is 9.56. The molecule has 6 heteroatoms. The first-order chi connectivity index (χ1) is 24.1. The van der Waals surface area contributed by atoms with Crippen LogP contribution in [0.25, 0.3) is 22.8 Å². The van der Waals surface area contributed by atoms with Crippen LogP contribution in [0, 0.1) is 0 Å². The van der Waals surface area contributed by atoms with E-state index in [0.717, 1.165) is 28.2 Å². The number of hydrogen-bond donors (Lipinski definition) is 0. The van der Waals surface area contributed by atoms with Gasteiger partial charge in [-0.15, -0.1) is 0 Å². The standard InChI is InChI=1S/C43H33N5S/c1-43(2)33-22-12-13-23-35(33)48(42-45-39(29-16-6-3-7-17-29)44-40(46-42)30-18-8-4-9-19-30)36-27-26-32(28-34(36)43)47-37-24-14-15-25-38(37)49-41(47)31-20-10-5-11-21-31/h3-28,41H,1-2H3. The maximum absolute atomic E-state index is 5.17. The SMILES string of the molecule is CC1(C)c2ccccc2N(c2nc(-c3ccccc3)nc(-c3ccccc3)n2)c2ccc(N3c4ccccc4SC3c3ccccc3)cc21. The number of nitrogens with zero attached hydrogens (tertiary/aromatic N) is 5. The highest BCUT2D eigenvalue weighted by atomic mass is 32.2. The zero-order valence-corrected chi connectivity index (χ0v) is 28.0. The quantitative estimate of drug-likeness (QED) is 0.185. The van der Waals surface area contributed by atoms with Crippen molar-refractivity contribution in [3.05, 3.63) is 174 Å². The van der Waals surface area contributed by atoms with Crippen LogP contribution in [0.3, 0.4) is 0 Å². The Labute approximate surface area is 291 Å². The number of anilines is 5. The van der Waals surface area contributed by atoms with Gasteiger partial charge >= 0.3 is 0 Å². The van der Waals surface area contributed by atoms with E-state index in [0.29, 0.717) is 17.6 Å². The molecule has 5 nitrogen and oxygen atoms in total. The molecule has 1 aromatic heterocycles. The van der Waals surface area contributed by atoms with Crippen LogP contribution in [0.4, 0.5) is 28.7 Å². The normalized spacial score (nSPS) is 15.8. The Balaban J connectivity index is 1.25. The first-order valence-corrected chi connectivity index (χ1v) is 17.5. The summed E-state index contributed by atoms with van der Waals surface area (Å²) in [5.74, 6) is 1.87. The lowest BCUT2D eigenvalue weighted by atomic mass is 9.73. The zero-order chi connectivity index (χ0) is 33.0. The smallest absolute Gasteiger partial charge is 0.238 e. The van der Waals surface area contributed by atoms with Crippen LogP contribution in [-0.2, 0) is 5.41 Å². The Morgan fingerprint density at radius 2 is 1.08 bits per heavy atom. The number of hydrogen-bond acceptors (Lipinski definition) is 6. The van der Waals surface area contributed by atoms with Gasteiger partial charge in [-0.2, -0.15) is 9.97 Å². The molecule has 0 saturated heterocycles. The Kier molecular flexibility index (Phi) is 7.06. The molecule has 9 rings (SSSR count). The Morgan fingerprint density at radius 1 is 0.531 bits per heavy atom. The van der Waals surface area contributed by atoms with Crippen molar-refractivity contribution in [3.63, 3.8) is 0 Å². The van der Waals surface area contributed by atoms with E-state index in [2.05, 4.69) is 145 Å². The summed E-state index contributed by atoms with van der Waals surface area (Å²) < 4.78 is 0. The fourth-order valence-electron chi connectivity index (χ4n) is 7.12. The van der Waals surface area contributed by atoms with Gasteiger partial charge in [-0.3, -0.25) is 4.90 Å². The summed E-state index contributed by atoms with van der Waals surface area (Å²) in [5, 5.41) is 0.122. The molecule has 49 heavy (non-hydrogen) atoms. The van der Waals surface area contributed by atoms with E-state index in [1.165, 1.54) is 27.3 Å². The molecule has 2 aliphatic heterocycles. The first kappa shape index (κ1) is 29.4. The van der Waals surface area contributed by atoms with E-state index in [-0.39, 0.29) is 10.8 Å². The molecule has 0 saturated carbocycles. The van der Waals surface area contributed by atoms with E-state index in [9.17, 15) is 0 Å². The minimum atomic E-state index is -0.287. The van der Waals surface area contributed by atoms with Gasteiger partial charge in [0.15, 0.2) is 11.6 Å². The number of fused-ring (bicyclic) bond motifs is 3. The first-order valence-electron chi connectivity index (χ1n) is 16.6. The Bertz CT molecular complexity index is 2250. The van der Waals surface area contributed by atoms with Crippen LogP contribution in [-0.4, -0.2) is 15.0 Å². The second kappa shape index (κ2) is 11.8. The van der Waals surface area contributed by atoms with Crippen LogP contribution < -0.4 is 9.80 Å². The van der Waals surface area contributed by atoms with E-state index in [1.807, 2.05) is 48.2 Å². The lowest BCUT2D eigenvalue weighted by molar-refractivity contribution is 0.630. The molecule has 0 spiro atoms. The van der Waals surface area contributed by atoms with E-state index >= 15 is 0 Å². The third-order valence-corrected chi connectivity index (χ3v) is 10.9. The third kappa shape index (κ3) is 4.99. The van der Waals surface area contributed by atoms with Gasteiger partial charge in [0.25, 0.3) is 0 Å². The Morgan fingerprint density at radius 3 is 1.76 bits per heavy atom. The maximum atomic E-state index is 5.17. The van der Waals surface area contributed by atoms with Crippen molar-refractivity contribution < 1.29 is 0 Å². The summed E-state index contributed by atoms with van der Waals surface area (Å²) in [6.45, 7) is 4.65. The maximum Gasteiger partial charge on any atom is 0.238 e. The summed E-state index contributed by atoms with van der Waals surface area (Å²) in [5.41, 5.74) is 9.83. The molecule has 0 aliphatic carbocycles. The lowest BCUT2D eigenvalue weighted by Gasteiger charge is -2.41. The van der Waals surface area contributed by atoms with E-state index in [4.69, 9.17) is 15.0 Å². The summed E-state index contributed by atoms with van der Waals surface area (Å²) in [6.07, 6.45) is 0. The number of rotatable bonds is 5. The molecule has 2 aliphatic rings. The minimum Gasteiger partial charge on any atom is -0.323 e. The molecule has 0 N–H and O–H groups in total. The highest BCUT2D eigenvalue weighted by molar-refractivity contribution is 8.00. The van der Waals surface area contributed by atoms with Gasteiger partial charge < -0.3 is 4.90 Å². The highest BCUT2D eigenvalue weighted by Crippen LogP contribution is 2.57. The van der Waals surface area contributed by atoms with Crippen molar-refractivity contribution in [2.75, 3.05) is 9.80 Å². The predicted octanol–water partition coefficient (Wildman–Crippen LogP) is 11.3. The molecule has 0 amide bonds. The number of para-hydroxylation sites is 2. The molecule has 0 fully saturated rings. The summed E-state index contributed by atoms with van der Waals surface area (Å²) in [6, 6.07) is 55.4. The second-order valence-electron chi connectivity index (χ2n) is 12.9. The molecule has 1 atom stereocenters. The van der Waals surface area contributed by atoms with Gasteiger partial charge in [0, 0.05) is 27.1 Å². The van der Waals surface area contributed by atoms with Crippen LogP contribution >= 0.6 is 11.8 Å². The van der Waals surface area contributed by atoms with Gasteiger partial charge in [-0.25, -0.2) is 4.98 Å². The van der Waals surface area contributed by atoms with Gasteiger partial charge in [-0.1, -0.05) is 147 Å². The number of benzene rings is 6. The van der Waals surface area contributed by atoms with Crippen LogP contribution in [0.2, 0.25) is 0 Å². The van der Waals surface area contributed by atoms with Crippen molar-refractivity contribution in [2.45, 2.75) is 29.5 Å². The summed E-state index contributed by atoms with van der Waals surface area (Å²) in [4.78, 5) is 21.3. The van der Waals surface area contributed by atoms with Crippen molar-refractivity contribution in [3.8, 4) is 22.8 Å². The molecule has 7 aromatic rings. The molecular formula is C43H33N5S. The van der Waals surface area contributed by atoms with Crippen molar-refractivity contribution in [1.29, 1.82) is 0 Å². The minimum absolute atomic E-state index is 0.122. The van der Waals surface area contributed by atoms with E-state index in [1.54, 1.807) is 0 Å². The summed E-state index contributed by atoms with van der Waals surface area (Å²) >= 11 is 1.90. The summed E-state index contributed by atoms with van der Waals surface area (Å²) in [7, 11) is 0. The number of thioether (sulfide) groups is 1. The van der Waals surface area contributed by atoms with E-state index < -0.39 is 0 Å². The average Bonchev–Trinajstić information content (AvgIpc) is 3.56. The number of aromatic nitrogens is 3. The molecular weight excluding hydrogens is 619 g/mol. The van der Waals surface area contributed by atoms with Crippen LogP contribution in [0.1, 0.15) is 35.9 Å². The van der Waals surface area contributed by atoms with Gasteiger partial charge in [0.1, 0.15) is 5.37 Å². The van der Waals surface area contributed by atoms with Crippen LogP contribution in [0.15, 0.2) is 163 Å². The topological polar surface area (TPSA) is 45.2 Å². The molecule has 1 unspecified atom stereocenters.